The molecule has 0 saturated heterocycles. The van der Waals surface area contributed by atoms with Gasteiger partial charge in [-0.05, 0) is 31.2 Å². The van der Waals surface area contributed by atoms with Crippen LogP contribution in [0.25, 0.3) is 5.69 Å². The Morgan fingerprint density at radius 3 is 2.46 bits per heavy atom. The largest absolute Gasteiger partial charge is 0.494 e. The van der Waals surface area contributed by atoms with E-state index in [-0.39, 0.29) is 0 Å². The molecular formula is C19H18N4O3. The van der Waals surface area contributed by atoms with Crippen molar-refractivity contribution in [3.63, 3.8) is 0 Å². The Hall–Kier alpha value is -3.61. The number of aromatic nitrogens is 2. The Bertz CT molecular complexity index is 935. The van der Waals surface area contributed by atoms with Crippen LogP contribution in [0.15, 0.2) is 60.7 Å². The molecule has 1 aromatic heterocycles. The number of amides is 3. The Balaban J connectivity index is 1.73. The van der Waals surface area contributed by atoms with Gasteiger partial charge >= 0.3 is 6.03 Å². The maximum absolute atomic E-state index is 12.1. The van der Waals surface area contributed by atoms with Crippen molar-refractivity contribution in [1.82, 2.24) is 15.1 Å². The lowest BCUT2D eigenvalue weighted by Crippen LogP contribution is -2.34. The lowest BCUT2D eigenvalue weighted by atomic mass is 10.2. The molecule has 0 saturated carbocycles. The van der Waals surface area contributed by atoms with Crippen molar-refractivity contribution >= 4 is 17.8 Å². The van der Waals surface area contributed by atoms with Gasteiger partial charge in [-0.3, -0.25) is 15.4 Å². The third-order valence-corrected chi connectivity index (χ3v) is 3.71. The van der Waals surface area contributed by atoms with Crippen LogP contribution in [0.2, 0.25) is 0 Å². The van der Waals surface area contributed by atoms with E-state index in [0.29, 0.717) is 17.1 Å². The quantitative estimate of drug-likeness (QED) is 0.757. The van der Waals surface area contributed by atoms with Gasteiger partial charge in [0.1, 0.15) is 11.4 Å². The van der Waals surface area contributed by atoms with Crippen LogP contribution in [0, 0.1) is 6.92 Å². The number of nitrogens with one attached hydrogen (secondary N) is 2. The monoisotopic (exact) mass is 350 g/mol. The van der Waals surface area contributed by atoms with Crippen molar-refractivity contribution in [2.24, 2.45) is 0 Å². The van der Waals surface area contributed by atoms with E-state index in [4.69, 9.17) is 4.74 Å². The number of ether oxygens (including phenoxy) is 1. The molecule has 26 heavy (non-hydrogen) atoms. The summed E-state index contributed by atoms with van der Waals surface area (Å²) in [5, 5.41) is 9.20. The van der Waals surface area contributed by atoms with E-state index in [1.807, 2.05) is 31.2 Å². The molecule has 7 nitrogen and oxygen atoms in total. The molecule has 0 aliphatic heterocycles. The number of imide groups is 1. The third kappa shape index (κ3) is 3.72. The predicted molar refractivity (Wildman–Crippen MR) is 97.8 cm³/mol. The maximum atomic E-state index is 12.1. The second kappa shape index (κ2) is 7.52. The topological polar surface area (TPSA) is 85.2 Å². The highest BCUT2D eigenvalue weighted by atomic mass is 16.5. The van der Waals surface area contributed by atoms with Gasteiger partial charge < -0.3 is 4.74 Å². The van der Waals surface area contributed by atoms with Gasteiger partial charge in [0.15, 0.2) is 5.82 Å². The van der Waals surface area contributed by atoms with Crippen molar-refractivity contribution < 1.29 is 14.3 Å². The van der Waals surface area contributed by atoms with E-state index >= 15 is 0 Å². The summed E-state index contributed by atoms with van der Waals surface area (Å²) in [5.74, 6) is 0.504. The van der Waals surface area contributed by atoms with Crippen LogP contribution < -0.4 is 15.4 Å². The van der Waals surface area contributed by atoms with E-state index in [1.165, 1.54) is 0 Å². The fourth-order valence-corrected chi connectivity index (χ4v) is 2.50. The maximum Gasteiger partial charge on any atom is 0.327 e. The Kier molecular flexibility index (Phi) is 4.98. The SMILES string of the molecule is COc1ccccc1-n1nc(NC(=O)NC(=O)c2ccccc2)cc1C. The zero-order chi connectivity index (χ0) is 18.5. The Labute approximate surface area is 150 Å². The van der Waals surface area contributed by atoms with Crippen molar-refractivity contribution in [1.29, 1.82) is 0 Å². The van der Waals surface area contributed by atoms with E-state index in [9.17, 15) is 9.59 Å². The standard InChI is InChI=1S/C19H18N4O3/c1-13-12-17(22-23(13)15-10-6-7-11-16(15)26-2)20-19(25)21-18(24)14-8-4-3-5-9-14/h3-12H,1-2H3,(H2,20,21,22,24,25). The van der Waals surface area contributed by atoms with Crippen molar-refractivity contribution in [2.45, 2.75) is 6.92 Å². The fourth-order valence-electron chi connectivity index (χ4n) is 2.50. The molecule has 0 radical (unpaired) electrons. The van der Waals surface area contributed by atoms with Crippen LogP contribution in [-0.4, -0.2) is 28.8 Å². The highest BCUT2D eigenvalue weighted by molar-refractivity contribution is 6.07. The molecule has 0 spiro atoms. The van der Waals surface area contributed by atoms with Crippen LogP contribution in [0.4, 0.5) is 10.6 Å². The molecule has 0 bridgehead atoms. The summed E-state index contributed by atoms with van der Waals surface area (Å²) in [7, 11) is 1.58. The van der Waals surface area contributed by atoms with Gasteiger partial charge in [-0.2, -0.15) is 0 Å². The molecule has 0 unspecified atom stereocenters. The number of nitrogens with zero attached hydrogens (tertiary/aromatic N) is 2. The van der Waals surface area contributed by atoms with Crippen LogP contribution in [0.1, 0.15) is 16.1 Å². The Morgan fingerprint density at radius 1 is 1.04 bits per heavy atom. The molecule has 0 fully saturated rings. The molecule has 0 aliphatic rings. The van der Waals surface area contributed by atoms with Gasteiger partial charge in [0.05, 0.1) is 7.11 Å². The lowest BCUT2D eigenvalue weighted by molar-refractivity contribution is 0.0967. The zero-order valence-electron chi connectivity index (χ0n) is 14.4. The van der Waals surface area contributed by atoms with Crippen LogP contribution in [0.5, 0.6) is 5.75 Å². The number of benzene rings is 2. The molecule has 7 heteroatoms. The van der Waals surface area contributed by atoms with Gasteiger partial charge in [-0.1, -0.05) is 30.3 Å². The first-order valence-corrected chi connectivity index (χ1v) is 7.96. The minimum Gasteiger partial charge on any atom is -0.494 e. The highest BCUT2D eigenvalue weighted by Crippen LogP contribution is 2.24. The summed E-state index contributed by atoms with van der Waals surface area (Å²) in [6.45, 7) is 1.86. The molecule has 0 aliphatic carbocycles. The molecule has 0 atom stereocenters. The van der Waals surface area contributed by atoms with E-state index in [1.54, 1.807) is 48.2 Å². The second-order valence-corrected chi connectivity index (χ2v) is 5.53. The molecule has 2 N–H and O–H groups in total. The van der Waals surface area contributed by atoms with Gasteiger partial charge in [-0.25, -0.2) is 9.48 Å². The molecule has 3 aromatic rings. The van der Waals surface area contributed by atoms with Gasteiger partial charge in [-0.15, -0.1) is 5.10 Å². The lowest BCUT2D eigenvalue weighted by Gasteiger charge is -2.09. The number of anilines is 1. The minimum atomic E-state index is -0.650. The average Bonchev–Trinajstić information content (AvgIpc) is 3.02. The van der Waals surface area contributed by atoms with E-state index in [2.05, 4.69) is 15.7 Å². The molecule has 3 rings (SSSR count). The summed E-state index contributed by atoms with van der Waals surface area (Å²) in [5.41, 5.74) is 1.96. The summed E-state index contributed by atoms with van der Waals surface area (Å²) in [6, 6.07) is 17.0. The number of aryl methyl sites for hydroxylation is 1. The van der Waals surface area contributed by atoms with Crippen molar-refractivity contribution in [3.05, 3.63) is 71.9 Å². The van der Waals surface area contributed by atoms with Crippen LogP contribution in [-0.2, 0) is 0 Å². The van der Waals surface area contributed by atoms with Crippen molar-refractivity contribution in [2.75, 3.05) is 12.4 Å². The summed E-state index contributed by atoms with van der Waals surface area (Å²) in [6.07, 6.45) is 0. The second-order valence-electron chi connectivity index (χ2n) is 5.53. The molecule has 132 valence electrons. The molecular weight excluding hydrogens is 332 g/mol. The van der Waals surface area contributed by atoms with Crippen LogP contribution in [0.3, 0.4) is 0 Å². The number of para-hydroxylation sites is 2. The highest BCUT2D eigenvalue weighted by Gasteiger charge is 2.14. The number of rotatable bonds is 4. The normalized spacial score (nSPS) is 10.2. The van der Waals surface area contributed by atoms with Crippen molar-refractivity contribution in [3.8, 4) is 11.4 Å². The van der Waals surface area contributed by atoms with Gasteiger partial charge in [0, 0.05) is 17.3 Å². The first kappa shape index (κ1) is 17.2. The predicted octanol–water partition coefficient (Wildman–Crippen LogP) is 3.15. The molecule has 2 aromatic carbocycles. The van der Waals surface area contributed by atoms with E-state index in [0.717, 1.165) is 11.4 Å². The number of hydrogen-bond acceptors (Lipinski definition) is 4. The van der Waals surface area contributed by atoms with Gasteiger partial charge in [0.2, 0.25) is 0 Å². The van der Waals surface area contributed by atoms with E-state index < -0.39 is 11.9 Å². The summed E-state index contributed by atoms with van der Waals surface area (Å²) < 4.78 is 7.00. The number of carbonyl (C=O) groups is 2. The minimum absolute atomic E-state index is 0.326. The van der Waals surface area contributed by atoms with Crippen LogP contribution >= 0.6 is 0 Å². The number of hydrogen-bond donors (Lipinski definition) is 2. The van der Waals surface area contributed by atoms with Gasteiger partial charge in [0.25, 0.3) is 5.91 Å². The summed E-state index contributed by atoms with van der Waals surface area (Å²) >= 11 is 0. The first-order valence-electron chi connectivity index (χ1n) is 7.96. The fraction of sp³-hybridized carbons (Fsp3) is 0.105. The zero-order valence-corrected chi connectivity index (χ0v) is 14.4. The number of methoxy groups -OCH3 is 1. The third-order valence-electron chi connectivity index (χ3n) is 3.71. The molecule has 1 heterocycles. The number of carbonyl (C=O) groups excluding carboxylic acids is 2. The molecule has 3 amide bonds. The Morgan fingerprint density at radius 2 is 1.73 bits per heavy atom. The first-order chi connectivity index (χ1) is 12.6. The average molecular weight is 350 g/mol. The smallest absolute Gasteiger partial charge is 0.327 e. The summed E-state index contributed by atoms with van der Waals surface area (Å²) in [4.78, 5) is 24.1. The number of urea groups is 1.